The first-order valence-corrected chi connectivity index (χ1v) is 4.64. The van der Waals surface area contributed by atoms with Crippen molar-refractivity contribution in [2.75, 3.05) is 0 Å². The molecule has 1 rings (SSSR count). The quantitative estimate of drug-likeness (QED) is 0.372. The third kappa shape index (κ3) is 5.03. The van der Waals surface area contributed by atoms with Gasteiger partial charge in [0.1, 0.15) is 0 Å². The van der Waals surface area contributed by atoms with Gasteiger partial charge in [0.2, 0.25) is 5.96 Å². The van der Waals surface area contributed by atoms with Gasteiger partial charge in [-0.15, -0.1) is 17.5 Å². The first-order valence-electron chi connectivity index (χ1n) is 3.56. The number of hydrogen-bond acceptors (Lipinski definition) is 2. The average Bonchev–Trinajstić information content (AvgIpc) is 2.03. The lowest BCUT2D eigenvalue weighted by molar-refractivity contribution is 1.21. The minimum Gasteiger partial charge on any atom is -0.369 e. The second-order valence-electron chi connectivity index (χ2n) is 2.32. The standard InChI is InChI=1S/C8H9IN4.ClH/c9-7-3-1-2-6(4-7)5-12-13-8(10)11;/h1-5H,(H4,10,11,13);1H/b12-5+;. The molecule has 0 saturated carbocycles. The van der Waals surface area contributed by atoms with Gasteiger partial charge in [-0.25, -0.2) is 0 Å². The smallest absolute Gasteiger partial charge is 0.211 e. The van der Waals surface area contributed by atoms with E-state index in [0.717, 1.165) is 9.13 Å². The summed E-state index contributed by atoms with van der Waals surface area (Å²) in [5, 5.41) is 7.18. The fourth-order valence-electron chi connectivity index (χ4n) is 0.749. The Bertz CT molecular complexity index is 347. The summed E-state index contributed by atoms with van der Waals surface area (Å²) < 4.78 is 1.14. The van der Waals surface area contributed by atoms with Crippen LogP contribution in [0.2, 0.25) is 0 Å². The van der Waals surface area contributed by atoms with Crippen molar-refractivity contribution in [3.8, 4) is 0 Å². The van der Waals surface area contributed by atoms with Gasteiger partial charge < -0.3 is 11.5 Å². The van der Waals surface area contributed by atoms with Crippen LogP contribution < -0.4 is 11.5 Å². The fourth-order valence-corrected chi connectivity index (χ4v) is 1.32. The number of halogens is 2. The van der Waals surface area contributed by atoms with Crippen LogP contribution in [0.3, 0.4) is 0 Å². The molecule has 14 heavy (non-hydrogen) atoms. The molecule has 76 valence electrons. The molecular formula is C8H10ClIN4. The van der Waals surface area contributed by atoms with Crippen molar-refractivity contribution in [2.24, 2.45) is 21.7 Å². The van der Waals surface area contributed by atoms with Gasteiger partial charge in [0.05, 0.1) is 6.21 Å². The molecule has 0 atom stereocenters. The van der Waals surface area contributed by atoms with Gasteiger partial charge in [-0.3, -0.25) is 0 Å². The molecule has 0 fully saturated rings. The molecule has 0 bridgehead atoms. The van der Waals surface area contributed by atoms with E-state index in [0.29, 0.717) is 0 Å². The van der Waals surface area contributed by atoms with Crippen LogP contribution in [0.1, 0.15) is 5.56 Å². The molecule has 0 spiro atoms. The van der Waals surface area contributed by atoms with E-state index in [9.17, 15) is 0 Å². The Kier molecular flexibility index (Phi) is 6.22. The largest absolute Gasteiger partial charge is 0.369 e. The lowest BCUT2D eigenvalue weighted by Crippen LogP contribution is -2.21. The molecule has 6 heteroatoms. The van der Waals surface area contributed by atoms with Crippen molar-refractivity contribution >= 4 is 47.2 Å². The van der Waals surface area contributed by atoms with Crippen LogP contribution in [0.15, 0.2) is 34.5 Å². The molecule has 0 saturated heterocycles. The summed E-state index contributed by atoms with van der Waals surface area (Å²) in [4.78, 5) is 0. The van der Waals surface area contributed by atoms with E-state index in [1.54, 1.807) is 6.21 Å². The lowest BCUT2D eigenvalue weighted by Gasteiger charge is -1.91. The molecule has 0 aromatic heterocycles. The van der Waals surface area contributed by atoms with Gasteiger partial charge in [-0.1, -0.05) is 12.1 Å². The number of guanidine groups is 1. The predicted octanol–water partition coefficient (Wildman–Crippen LogP) is 1.32. The van der Waals surface area contributed by atoms with Crippen LogP contribution in [-0.4, -0.2) is 12.2 Å². The van der Waals surface area contributed by atoms with Crippen molar-refractivity contribution in [3.63, 3.8) is 0 Å². The summed E-state index contributed by atoms with van der Waals surface area (Å²) >= 11 is 2.22. The highest BCUT2D eigenvalue weighted by Crippen LogP contribution is 2.05. The molecule has 0 heterocycles. The molecular weight excluding hydrogens is 314 g/mol. The summed E-state index contributed by atoms with van der Waals surface area (Å²) in [7, 11) is 0. The monoisotopic (exact) mass is 324 g/mol. The minimum absolute atomic E-state index is 0. The van der Waals surface area contributed by atoms with Crippen molar-refractivity contribution in [1.29, 1.82) is 0 Å². The zero-order valence-corrected chi connectivity index (χ0v) is 10.2. The van der Waals surface area contributed by atoms with E-state index < -0.39 is 0 Å². The maximum absolute atomic E-state index is 5.10. The average molecular weight is 325 g/mol. The number of benzene rings is 1. The SMILES string of the molecule is Cl.NC(N)=N/N=C/c1cccc(I)c1. The third-order valence-electron chi connectivity index (χ3n) is 1.23. The first kappa shape index (κ1) is 13.2. The Balaban J connectivity index is 0.00000169. The summed E-state index contributed by atoms with van der Waals surface area (Å²) in [5.41, 5.74) is 11.2. The highest BCUT2D eigenvalue weighted by Gasteiger charge is 1.88. The zero-order chi connectivity index (χ0) is 9.68. The van der Waals surface area contributed by atoms with E-state index in [2.05, 4.69) is 32.8 Å². The first-order chi connectivity index (χ1) is 6.18. The van der Waals surface area contributed by atoms with Crippen LogP contribution in [0.5, 0.6) is 0 Å². The van der Waals surface area contributed by atoms with E-state index in [4.69, 9.17) is 11.5 Å². The summed E-state index contributed by atoms with van der Waals surface area (Å²) in [5.74, 6) is -0.0399. The Morgan fingerprint density at radius 1 is 1.36 bits per heavy atom. The van der Waals surface area contributed by atoms with Crippen molar-refractivity contribution in [3.05, 3.63) is 33.4 Å². The Morgan fingerprint density at radius 2 is 2.07 bits per heavy atom. The summed E-state index contributed by atoms with van der Waals surface area (Å²) in [6.45, 7) is 0. The van der Waals surface area contributed by atoms with Crippen LogP contribution in [0.25, 0.3) is 0 Å². The Labute approximate surface area is 102 Å². The van der Waals surface area contributed by atoms with Gasteiger partial charge in [-0.05, 0) is 40.3 Å². The summed E-state index contributed by atoms with van der Waals surface area (Å²) in [6.07, 6.45) is 1.60. The molecule has 4 N–H and O–H groups in total. The van der Waals surface area contributed by atoms with Crippen LogP contribution in [-0.2, 0) is 0 Å². The van der Waals surface area contributed by atoms with E-state index in [1.165, 1.54) is 0 Å². The molecule has 0 amide bonds. The number of rotatable bonds is 2. The minimum atomic E-state index is -0.0399. The predicted molar refractivity (Wildman–Crippen MR) is 69.8 cm³/mol. The zero-order valence-electron chi connectivity index (χ0n) is 7.22. The number of hydrogen-bond donors (Lipinski definition) is 2. The van der Waals surface area contributed by atoms with Crippen LogP contribution in [0.4, 0.5) is 0 Å². The van der Waals surface area contributed by atoms with Crippen molar-refractivity contribution in [2.45, 2.75) is 0 Å². The van der Waals surface area contributed by atoms with E-state index in [1.807, 2.05) is 24.3 Å². The molecule has 0 aliphatic carbocycles. The number of nitrogens with zero attached hydrogens (tertiary/aromatic N) is 2. The van der Waals surface area contributed by atoms with Gasteiger partial charge in [0, 0.05) is 3.57 Å². The fraction of sp³-hybridized carbons (Fsp3) is 0. The maximum Gasteiger partial charge on any atom is 0.211 e. The highest BCUT2D eigenvalue weighted by atomic mass is 127. The second kappa shape index (κ2) is 6.61. The van der Waals surface area contributed by atoms with Crippen LogP contribution >= 0.6 is 35.0 Å². The maximum atomic E-state index is 5.10. The molecule has 0 aliphatic heterocycles. The van der Waals surface area contributed by atoms with E-state index in [-0.39, 0.29) is 18.4 Å². The van der Waals surface area contributed by atoms with Gasteiger partial charge in [-0.2, -0.15) is 5.10 Å². The van der Waals surface area contributed by atoms with Gasteiger partial charge in [0.15, 0.2) is 0 Å². The topological polar surface area (TPSA) is 76.8 Å². The van der Waals surface area contributed by atoms with Crippen molar-refractivity contribution < 1.29 is 0 Å². The molecule has 0 aliphatic rings. The summed E-state index contributed by atoms with van der Waals surface area (Å²) in [6, 6.07) is 7.84. The van der Waals surface area contributed by atoms with Crippen molar-refractivity contribution in [1.82, 2.24) is 0 Å². The highest BCUT2D eigenvalue weighted by molar-refractivity contribution is 14.1. The molecule has 1 aromatic carbocycles. The normalized spacial score (nSPS) is 9.50. The Hall–Kier alpha value is -0.820. The third-order valence-corrected chi connectivity index (χ3v) is 1.90. The Morgan fingerprint density at radius 3 is 2.64 bits per heavy atom. The van der Waals surface area contributed by atoms with Gasteiger partial charge >= 0.3 is 0 Å². The lowest BCUT2D eigenvalue weighted by atomic mass is 10.2. The second-order valence-corrected chi connectivity index (χ2v) is 3.57. The molecule has 0 radical (unpaired) electrons. The number of nitrogens with two attached hydrogens (primary N) is 2. The molecule has 0 unspecified atom stereocenters. The molecule has 4 nitrogen and oxygen atoms in total. The van der Waals surface area contributed by atoms with Crippen LogP contribution in [0, 0.1) is 3.57 Å². The van der Waals surface area contributed by atoms with Gasteiger partial charge in [0.25, 0.3) is 0 Å². The van der Waals surface area contributed by atoms with E-state index >= 15 is 0 Å². The molecule has 1 aromatic rings.